The third kappa shape index (κ3) is 65.0. The van der Waals surface area contributed by atoms with Crippen molar-refractivity contribution < 1.29 is 28.6 Å². The number of allylic oxidation sites excluding steroid dienone is 16. The summed E-state index contributed by atoms with van der Waals surface area (Å²) in [4.78, 5) is 38.3. The molecule has 0 rings (SSSR count). The fourth-order valence-corrected chi connectivity index (χ4v) is 9.50. The highest BCUT2D eigenvalue weighted by Gasteiger charge is 2.19. The Labute approximate surface area is 489 Å². The molecule has 0 aromatic heterocycles. The lowest BCUT2D eigenvalue weighted by atomic mass is 10.0. The Hall–Kier alpha value is -3.67. The maximum absolute atomic E-state index is 12.9. The van der Waals surface area contributed by atoms with Crippen molar-refractivity contribution in [2.24, 2.45) is 0 Å². The van der Waals surface area contributed by atoms with E-state index in [0.29, 0.717) is 19.3 Å². The molecule has 79 heavy (non-hydrogen) atoms. The second-order valence-corrected chi connectivity index (χ2v) is 22.3. The Morgan fingerprint density at radius 3 is 0.810 bits per heavy atom. The van der Waals surface area contributed by atoms with Crippen LogP contribution in [0.3, 0.4) is 0 Å². The van der Waals surface area contributed by atoms with Crippen LogP contribution in [0.15, 0.2) is 97.2 Å². The number of unbranched alkanes of at least 4 members (excludes halogenated alkanes) is 34. The van der Waals surface area contributed by atoms with Crippen LogP contribution in [0.25, 0.3) is 0 Å². The molecule has 6 nitrogen and oxygen atoms in total. The summed E-state index contributed by atoms with van der Waals surface area (Å²) in [7, 11) is 0. The molecule has 0 saturated carbocycles. The van der Waals surface area contributed by atoms with Crippen molar-refractivity contribution in [2.45, 2.75) is 335 Å². The molecular formula is C73H126O6. The summed E-state index contributed by atoms with van der Waals surface area (Å²) in [6.07, 6.45) is 90.1. The fourth-order valence-electron chi connectivity index (χ4n) is 9.50. The van der Waals surface area contributed by atoms with Crippen LogP contribution < -0.4 is 0 Å². The first-order chi connectivity index (χ1) is 39.0. The first-order valence-electron chi connectivity index (χ1n) is 33.7. The number of rotatable bonds is 61. The van der Waals surface area contributed by atoms with E-state index < -0.39 is 6.10 Å². The average molecular weight is 1100 g/mol. The van der Waals surface area contributed by atoms with Crippen molar-refractivity contribution in [1.82, 2.24) is 0 Å². The standard InChI is InChI=1S/C73H126O6/c1-4-7-10-13-16-19-22-25-27-29-30-31-32-33-34-35-36-37-38-39-40-41-42-44-45-48-51-54-57-60-63-66-72(75)78-69-70(68-77-71(74)65-62-59-56-53-50-47-24-21-18-15-12-9-6-3)79-73(76)67-64-61-58-55-52-49-46-43-28-26-23-20-17-14-11-8-5-2/h9,12,17-18,20-22,25-26,28-30,32-33,47,50,70H,4-8,10-11,13-16,19,23-24,27,31,34-46,48-49,51-69H2,1-3H3/b12-9-,20-17-,21-18-,25-22-,28-26-,30-29-,33-32-,50-47-. The first-order valence-corrected chi connectivity index (χ1v) is 33.7. The number of ether oxygens (including phenoxy) is 3. The van der Waals surface area contributed by atoms with Crippen molar-refractivity contribution in [3.63, 3.8) is 0 Å². The summed E-state index contributed by atoms with van der Waals surface area (Å²) in [5, 5.41) is 0. The van der Waals surface area contributed by atoms with E-state index in [1.165, 1.54) is 180 Å². The number of carbonyl (C=O) groups is 3. The molecule has 1 unspecified atom stereocenters. The molecule has 0 N–H and O–H groups in total. The molecule has 0 fully saturated rings. The second-order valence-electron chi connectivity index (χ2n) is 22.3. The lowest BCUT2D eigenvalue weighted by molar-refractivity contribution is -0.167. The molecule has 0 spiro atoms. The third-order valence-electron chi connectivity index (χ3n) is 14.5. The summed E-state index contributed by atoms with van der Waals surface area (Å²) in [6.45, 7) is 6.48. The molecule has 0 aromatic rings. The van der Waals surface area contributed by atoms with Crippen molar-refractivity contribution >= 4 is 17.9 Å². The monoisotopic (exact) mass is 1100 g/mol. The van der Waals surface area contributed by atoms with Gasteiger partial charge in [-0.2, -0.15) is 0 Å². The summed E-state index contributed by atoms with van der Waals surface area (Å²) in [6, 6.07) is 0. The SMILES string of the molecule is CC/C=C\C/C=C\C/C=C\CCCCCC(=O)OCC(COC(=O)CCCCCCCCCCCCCCCCCC/C=C\C/C=C\C/C=C\CCCCCCC)OC(=O)CCCCCCCCC/C=C\C/C=C\CCCCC. The van der Waals surface area contributed by atoms with Crippen LogP contribution in [0.2, 0.25) is 0 Å². The normalized spacial score (nSPS) is 12.7. The third-order valence-corrected chi connectivity index (χ3v) is 14.5. The molecular weight excluding hydrogens is 973 g/mol. The Kier molecular flexibility index (Phi) is 63.7. The predicted octanol–water partition coefficient (Wildman–Crippen LogP) is 23.2. The van der Waals surface area contributed by atoms with E-state index in [9.17, 15) is 14.4 Å². The molecule has 0 aromatic carbocycles. The van der Waals surface area contributed by atoms with E-state index in [1.54, 1.807) is 0 Å². The highest BCUT2D eigenvalue weighted by atomic mass is 16.6. The number of hydrogen-bond donors (Lipinski definition) is 0. The zero-order chi connectivity index (χ0) is 57.1. The first kappa shape index (κ1) is 75.3. The molecule has 1 atom stereocenters. The molecule has 0 amide bonds. The molecule has 0 radical (unpaired) electrons. The molecule has 0 aliphatic heterocycles. The van der Waals surface area contributed by atoms with Gasteiger partial charge in [-0.05, 0) is 122 Å². The maximum Gasteiger partial charge on any atom is 0.306 e. The van der Waals surface area contributed by atoms with Gasteiger partial charge in [0.2, 0.25) is 0 Å². The van der Waals surface area contributed by atoms with Crippen molar-refractivity contribution in [3.8, 4) is 0 Å². The lowest BCUT2D eigenvalue weighted by Crippen LogP contribution is -2.30. The van der Waals surface area contributed by atoms with E-state index >= 15 is 0 Å². The van der Waals surface area contributed by atoms with E-state index in [4.69, 9.17) is 14.2 Å². The zero-order valence-electron chi connectivity index (χ0n) is 52.1. The number of esters is 3. The Morgan fingerprint density at radius 1 is 0.266 bits per heavy atom. The zero-order valence-corrected chi connectivity index (χ0v) is 52.1. The quantitative estimate of drug-likeness (QED) is 0.0261. The minimum Gasteiger partial charge on any atom is -0.462 e. The molecule has 6 heteroatoms. The van der Waals surface area contributed by atoms with Gasteiger partial charge in [0.05, 0.1) is 0 Å². The van der Waals surface area contributed by atoms with Gasteiger partial charge in [0, 0.05) is 19.3 Å². The van der Waals surface area contributed by atoms with Gasteiger partial charge in [-0.3, -0.25) is 14.4 Å². The van der Waals surface area contributed by atoms with Crippen molar-refractivity contribution in [2.75, 3.05) is 13.2 Å². The second kappa shape index (κ2) is 66.8. The van der Waals surface area contributed by atoms with Gasteiger partial charge in [0.1, 0.15) is 13.2 Å². The summed E-state index contributed by atoms with van der Waals surface area (Å²) >= 11 is 0. The molecule has 0 saturated heterocycles. The van der Waals surface area contributed by atoms with E-state index in [0.717, 1.165) is 109 Å². The molecule has 0 heterocycles. The highest BCUT2D eigenvalue weighted by Crippen LogP contribution is 2.17. The van der Waals surface area contributed by atoms with Gasteiger partial charge in [0.25, 0.3) is 0 Å². The molecule has 0 bridgehead atoms. The Balaban J connectivity index is 4.22. The topological polar surface area (TPSA) is 78.9 Å². The number of hydrogen-bond acceptors (Lipinski definition) is 6. The molecule has 0 aliphatic carbocycles. The summed E-state index contributed by atoms with van der Waals surface area (Å²) in [5.41, 5.74) is 0. The lowest BCUT2D eigenvalue weighted by Gasteiger charge is -2.18. The largest absolute Gasteiger partial charge is 0.462 e. The van der Waals surface area contributed by atoms with Crippen molar-refractivity contribution in [1.29, 1.82) is 0 Å². The van der Waals surface area contributed by atoms with Crippen LogP contribution in [0.4, 0.5) is 0 Å². The van der Waals surface area contributed by atoms with E-state index in [1.807, 2.05) is 0 Å². The smallest absolute Gasteiger partial charge is 0.306 e. The Morgan fingerprint density at radius 2 is 0.494 bits per heavy atom. The molecule has 0 aliphatic rings. The fraction of sp³-hybridized carbons (Fsp3) is 0.740. The van der Waals surface area contributed by atoms with Gasteiger partial charge in [0.15, 0.2) is 6.10 Å². The molecule has 454 valence electrons. The van der Waals surface area contributed by atoms with Gasteiger partial charge < -0.3 is 14.2 Å². The minimum absolute atomic E-state index is 0.0887. The summed E-state index contributed by atoms with van der Waals surface area (Å²) in [5.74, 6) is -0.917. The van der Waals surface area contributed by atoms with Crippen molar-refractivity contribution in [3.05, 3.63) is 97.2 Å². The van der Waals surface area contributed by atoms with E-state index in [2.05, 4.69) is 118 Å². The predicted molar refractivity (Wildman–Crippen MR) is 344 cm³/mol. The minimum atomic E-state index is -0.795. The van der Waals surface area contributed by atoms with Crippen LogP contribution in [0.1, 0.15) is 329 Å². The van der Waals surface area contributed by atoms with Crippen LogP contribution >= 0.6 is 0 Å². The summed E-state index contributed by atoms with van der Waals surface area (Å²) < 4.78 is 16.9. The van der Waals surface area contributed by atoms with Crippen LogP contribution in [0.5, 0.6) is 0 Å². The van der Waals surface area contributed by atoms with Gasteiger partial charge in [-0.25, -0.2) is 0 Å². The van der Waals surface area contributed by atoms with Crippen LogP contribution in [-0.2, 0) is 28.6 Å². The van der Waals surface area contributed by atoms with Crippen LogP contribution in [-0.4, -0.2) is 37.2 Å². The number of carbonyl (C=O) groups excluding carboxylic acids is 3. The van der Waals surface area contributed by atoms with Gasteiger partial charge in [-0.1, -0.05) is 285 Å². The Bertz CT molecular complexity index is 1540. The van der Waals surface area contributed by atoms with Crippen LogP contribution in [0, 0.1) is 0 Å². The van der Waals surface area contributed by atoms with Gasteiger partial charge in [-0.15, -0.1) is 0 Å². The maximum atomic E-state index is 12.9. The average Bonchev–Trinajstić information content (AvgIpc) is 3.45. The van der Waals surface area contributed by atoms with E-state index in [-0.39, 0.29) is 31.1 Å². The highest BCUT2D eigenvalue weighted by molar-refractivity contribution is 5.71. The van der Waals surface area contributed by atoms with Gasteiger partial charge >= 0.3 is 17.9 Å².